The first-order valence-electron chi connectivity index (χ1n) is 8.16. The molecule has 1 heterocycles. The van der Waals surface area contributed by atoms with E-state index in [1.807, 2.05) is 31.2 Å². The number of anilines is 1. The van der Waals surface area contributed by atoms with Crippen LogP contribution in [-0.2, 0) is 11.2 Å². The lowest BCUT2D eigenvalue weighted by atomic mass is 10.1. The van der Waals surface area contributed by atoms with Crippen LogP contribution in [0.2, 0.25) is 0 Å². The van der Waals surface area contributed by atoms with Gasteiger partial charge in [0.1, 0.15) is 18.1 Å². The summed E-state index contributed by atoms with van der Waals surface area (Å²) in [7, 11) is 0. The van der Waals surface area contributed by atoms with Crippen LogP contribution < -0.4 is 10.1 Å². The maximum atomic E-state index is 11.0. The van der Waals surface area contributed by atoms with E-state index < -0.39 is 6.10 Å². The number of ether oxygens (including phenoxy) is 1. The van der Waals surface area contributed by atoms with Crippen LogP contribution >= 0.6 is 23.1 Å². The zero-order valence-corrected chi connectivity index (χ0v) is 16.0. The van der Waals surface area contributed by atoms with Crippen molar-refractivity contribution in [2.75, 3.05) is 24.2 Å². The smallest absolute Gasteiger partial charge is 0.206 e. The molecule has 2 N–H and O–H groups in total. The zero-order valence-electron chi connectivity index (χ0n) is 14.4. The predicted molar refractivity (Wildman–Crippen MR) is 102 cm³/mol. The number of aliphatic hydroxyl groups is 1. The molecule has 0 aliphatic rings. The summed E-state index contributed by atoms with van der Waals surface area (Å²) < 4.78 is 6.43. The minimum Gasteiger partial charge on any atom is -0.491 e. The van der Waals surface area contributed by atoms with E-state index >= 15 is 0 Å². The molecule has 1 aromatic heterocycles. The summed E-state index contributed by atoms with van der Waals surface area (Å²) in [5.74, 6) is 1.40. The molecule has 0 aliphatic carbocycles. The summed E-state index contributed by atoms with van der Waals surface area (Å²) in [5.41, 5.74) is 1.10. The summed E-state index contributed by atoms with van der Waals surface area (Å²) in [6.07, 6.45) is 0.705. The van der Waals surface area contributed by atoms with Gasteiger partial charge < -0.3 is 20.0 Å². The van der Waals surface area contributed by atoms with Crippen molar-refractivity contribution in [2.45, 2.75) is 37.1 Å². The van der Waals surface area contributed by atoms with E-state index in [2.05, 4.69) is 15.5 Å². The van der Waals surface area contributed by atoms with E-state index in [1.165, 1.54) is 23.1 Å². The van der Waals surface area contributed by atoms with E-state index in [-0.39, 0.29) is 12.4 Å². The lowest BCUT2D eigenvalue weighted by molar-refractivity contribution is -0.116. The number of hydrogen-bond donors (Lipinski definition) is 2. The fraction of sp³-hybridized carbons (Fsp3) is 0.471. The van der Waals surface area contributed by atoms with Gasteiger partial charge in [0, 0.05) is 18.7 Å². The van der Waals surface area contributed by atoms with Gasteiger partial charge in [-0.3, -0.25) is 0 Å². The number of rotatable bonds is 11. The molecule has 0 bridgehead atoms. The molecule has 0 radical (unpaired) electrons. The Morgan fingerprint density at radius 3 is 2.80 bits per heavy atom. The third kappa shape index (κ3) is 7.41. The molecule has 1 atom stereocenters. The van der Waals surface area contributed by atoms with Crippen molar-refractivity contribution in [3.63, 3.8) is 0 Å². The average Bonchev–Trinajstić information content (AvgIpc) is 3.05. The number of nitrogens with zero attached hydrogens (tertiary/aromatic N) is 2. The molecule has 2 aromatic rings. The van der Waals surface area contributed by atoms with Crippen LogP contribution in [0.15, 0.2) is 28.6 Å². The summed E-state index contributed by atoms with van der Waals surface area (Å²) in [6.45, 7) is 4.63. The average molecular weight is 382 g/mol. The van der Waals surface area contributed by atoms with Crippen LogP contribution in [0.4, 0.5) is 5.13 Å². The normalized spacial score (nSPS) is 12.0. The molecule has 0 saturated carbocycles. The third-order valence-corrected chi connectivity index (χ3v) is 5.42. The predicted octanol–water partition coefficient (Wildman–Crippen LogP) is 3.02. The van der Waals surface area contributed by atoms with Crippen LogP contribution in [0.1, 0.15) is 25.8 Å². The largest absolute Gasteiger partial charge is 0.491 e. The fourth-order valence-corrected chi connectivity index (χ4v) is 3.72. The quantitative estimate of drug-likeness (QED) is 0.579. The minimum atomic E-state index is -0.589. The van der Waals surface area contributed by atoms with Crippen molar-refractivity contribution in [3.8, 4) is 5.75 Å². The second-order valence-electron chi connectivity index (χ2n) is 5.53. The van der Waals surface area contributed by atoms with E-state index in [1.54, 1.807) is 6.92 Å². The van der Waals surface area contributed by atoms with Gasteiger partial charge in [-0.15, -0.1) is 10.2 Å². The molecule has 1 unspecified atom stereocenters. The van der Waals surface area contributed by atoms with Crippen molar-refractivity contribution in [3.05, 3.63) is 29.8 Å². The Kier molecular flexibility index (Phi) is 8.17. The van der Waals surface area contributed by atoms with Gasteiger partial charge in [0.25, 0.3) is 0 Å². The number of thioether (sulfide) groups is 1. The minimum absolute atomic E-state index is 0.189. The highest BCUT2D eigenvalue weighted by molar-refractivity contribution is 8.01. The lowest BCUT2D eigenvalue weighted by Gasteiger charge is -2.11. The third-order valence-electron chi connectivity index (χ3n) is 3.27. The number of benzene rings is 1. The number of nitrogens with one attached hydrogen (secondary N) is 1. The Morgan fingerprint density at radius 2 is 2.12 bits per heavy atom. The number of Topliss-reactive ketones (excluding diaryl/α,β-unsaturated/α-hetero) is 1. The summed E-state index contributed by atoms with van der Waals surface area (Å²) in [5, 5.41) is 22.0. The number of aliphatic hydroxyl groups excluding tert-OH is 1. The Bertz CT molecular complexity index is 661. The van der Waals surface area contributed by atoms with Gasteiger partial charge >= 0.3 is 0 Å². The number of hydrogen-bond acceptors (Lipinski definition) is 8. The van der Waals surface area contributed by atoms with Crippen molar-refractivity contribution >= 4 is 34.0 Å². The molecule has 0 amide bonds. The highest BCUT2D eigenvalue weighted by Gasteiger charge is 2.10. The maximum absolute atomic E-state index is 11.0. The highest BCUT2D eigenvalue weighted by Crippen LogP contribution is 2.26. The fourth-order valence-electron chi connectivity index (χ4n) is 1.97. The second-order valence-corrected chi connectivity index (χ2v) is 7.77. The first kappa shape index (κ1) is 19.7. The van der Waals surface area contributed by atoms with Crippen molar-refractivity contribution in [1.29, 1.82) is 0 Å². The van der Waals surface area contributed by atoms with Crippen LogP contribution in [0, 0.1) is 0 Å². The van der Waals surface area contributed by atoms with Crippen LogP contribution in [0.5, 0.6) is 5.75 Å². The van der Waals surface area contributed by atoms with Gasteiger partial charge in [-0.05, 0) is 38.0 Å². The van der Waals surface area contributed by atoms with Gasteiger partial charge in [0.15, 0.2) is 4.34 Å². The van der Waals surface area contributed by atoms with Crippen LogP contribution in [0.25, 0.3) is 0 Å². The van der Waals surface area contributed by atoms with E-state index in [4.69, 9.17) is 4.74 Å². The molecule has 8 heteroatoms. The Labute approximate surface area is 156 Å². The van der Waals surface area contributed by atoms with Gasteiger partial charge in [-0.1, -0.05) is 35.2 Å². The molecule has 1 aromatic carbocycles. The maximum Gasteiger partial charge on any atom is 0.206 e. The molecule has 0 fully saturated rings. The highest BCUT2D eigenvalue weighted by atomic mass is 32.2. The number of ketones is 1. The summed E-state index contributed by atoms with van der Waals surface area (Å²) in [6, 6.07) is 7.62. The van der Waals surface area contributed by atoms with E-state index in [0.29, 0.717) is 17.9 Å². The number of carbonyl (C=O) groups excluding carboxylic acids is 1. The molecule has 0 aliphatic heterocycles. The van der Waals surface area contributed by atoms with E-state index in [0.717, 1.165) is 28.0 Å². The molecule has 2 rings (SSSR count). The van der Waals surface area contributed by atoms with Crippen LogP contribution in [-0.4, -0.2) is 46.1 Å². The first-order valence-corrected chi connectivity index (χ1v) is 9.96. The molecular formula is C17H23N3O3S2. The van der Waals surface area contributed by atoms with E-state index in [9.17, 15) is 9.90 Å². The monoisotopic (exact) mass is 381 g/mol. The molecule has 6 nitrogen and oxygen atoms in total. The zero-order chi connectivity index (χ0) is 18.1. The molecule has 136 valence electrons. The molecule has 25 heavy (non-hydrogen) atoms. The van der Waals surface area contributed by atoms with Crippen LogP contribution in [0.3, 0.4) is 0 Å². The Balaban J connectivity index is 1.70. The SMILES string of the molecule is CCNc1nnc(SCC(O)COc2ccc(CCC(C)=O)cc2)s1. The van der Waals surface area contributed by atoms with Gasteiger partial charge in [0.05, 0.1) is 6.10 Å². The molecule has 0 saturated heterocycles. The van der Waals surface area contributed by atoms with Gasteiger partial charge in [0.2, 0.25) is 5.13 Å². The van der Waals surface area contributed by atoms with Crippen molar-refractivity contribution in [1.82, 2.24) is 10.2 Å². The number of aryl methyl sites for hydroxylation is 1. The van der Waals surface area contributed by atoms with Crippen molar-refractivity contribution in [2.24, 2.45) is 0 Å². The molecular weight excluding hydrogens is 358 g/mol. The second kappa shape index (κ2) is 10.4. The number of carbonyl (C=O) groups is 1. The summed E-state index contributed by atoms with van der Waals surface area (Å²) in [4.78, 5) is 11.0. The topological polar surface area (TPSA) is 84.3 Å². The first-order chi connectivity index (χ1) is 12.1. The Morgan fingerprint density at radius 1 is 1.36 bits per heavy atom. The summed E-state index contributed by atoms with van der Waals surface area (Å²) >= 11 is 2.94. The van der Waals surface area contributed by atoms with Crippen molar-refractivity contribution < 1.29 is 14.6 Å². The van der Waals surface area contributed by atoms with Gasteiger partial charge in [-0.2, -0.15) is 0 Å². The molecule has 0 spiro atoms. The lowest BCUT2D eigenvalue weighted by Crippen LogP contribution is -2.20. The Hall–Kier alpha value is -1.64. The van der Waals surface area contributed by atoms with Gasteiger partial charge in [-0.25, -0.2) is 0 Å². The standard InChI is InChI=1S/C17H23N3O3S2/c1-3-18-16-19-20-17(25-16)24-11-14(22)10-23-15-8-6-13(7-9-15)5-4-12(2)21/h6-9,14,22H,3-5,10-11H2,1-2H3,(H,18,19). The number of aromatic nitrogens is 2.